The van der Waals surface area contributed by atoms with Gasteiger partial charge in [-0.3, -0.25) is 4.79 Å². The number of anilines is 1. The topological polar surface area (TPSA) is 70.7 Å². The zero-order valence-corrected chi connectivity index (χ0v) is 14.5. The minimum atomic E-state index is -0.0701. The van der Waals surface area contributed by atoms with Crippen LogP contribution in [0.15, 0.2) is 24.3 Å². The van der Waals surface area contributed by atoms with Crippen LogP contribution >= 0.6 is 0 Å². The molecule has 132 valence electrons. The van der Waals surface area contributed by atoms with Gasteiger partial charge in [-0.15, -0.1) is 0 Å². The van der Waals surface area contributed by atoms with Crippen molar-refractivity contribution in [2.75, 3.05) is 39.2 Å². The van der Waals surface area contributed by atoms with Crippen LogP contribution in [0, 0.1) is 5.92 Å². The number of amides is 3. The molecule has 0 spiro atoms. The Bertz CT molecular complexity index is 560. The summed E-state index contributed by atoms with van der Waals surface area (Å²) in [5.41, 5.74) is 1.80. The second-order valence-electron chi connectivity index (χ2n) is 6.21. The van der Waals surface area contributed by atoms with E-state index in [-0.39, 0.29) is 11.9 Å². The van der Waals surface area contributed by atoms with Gasteiger partial charge in [0.2, 0.25) is 5.91 Å². The van der Waals surface area contributed by atoms with Gasteiger partial charge in [-0.2, -0.15) is 0 Å². The third-order valence-corrected chi connectivity index (χ3v) is 4.31. The molecule has 2 N–H and O–H groups in total. The SMILES string of the molecule is CNC(=O)CCc1cccc(NC(=O)N2CCC[C@H](COC)C2)c1. The fraction of sp³-hybridized carbons (Fsp3) is 0.556. The number of piperidine rings is 1. The summed E-state index contributed by atoms with van der Waals surface area (Å²) in [5, 5.41) is 5.58. The summed E-state index contributed by atoms with van der Waals surface area (Å²) < 4.78 is 5.21. The number of hydrogen-bond acceptors (Lipinski definition) is 3. The van der Waals surface area contributed by atoms with E-state index in [1.807, 2.05) is 29.2 Å². The summed E-state index contributed by atoms with van der Waals surface area (Å²) in [6.07, 6.45) is 3.21. The Hall–Kier alpha value is -2.08. The first-order valence-electron chi connectivity index (χ1n) is 8.46. The van der Waals surface area contributed by atoms with Crippen molar-refractivity contribution in [1.82, 2.24) is 10.2 Å². The summed E-state index contributed by atoms with van der Waals surface area (Å²) in [4.78, 5) is 25.6. The van der Waals surface area contributed by atoms with E-state index in [4.69, 9.17) is 4.74 Å². The molecule has 0 bridgehead atoms. The molecular formula is C18H27N3O3. The number of methoxy groups -OCH3 is 1. The molecule has 0 aromatic heterocycles. The molecule has 1 aliphatic rings. The number of likely N-dealkylation sites (tertiary alicyclic amines) is 1. The first-order valence-corrected chi connectivity index (χ1v) is 8.46. The lowest BCUT2D eigenvalue weighted by Crippen LogP contribution is -2.43. The number of rotatable bonds is 6. The maximum absolute atomic E-state index is 12.5. The quantitative estimate of drug-likeness (QED) is 0.839. The zero-order valence-electron chi connectivity index (χ0n) is 14.5. The lowest BCUT2D eigenvalue weighted by molar-refractivity contribution is -0.120. The number of ether oxygens (including phenoxy) is 1. The molecule has 6 heteroatoms. The summed E-state index contributed by atoms with van der Waals surface area (Å²) in [6, 6.07) is 7.60. The molecule has 3 amide bonds. The van der Waals surface area contributed by atoms with Gasteiger partial charge in [0, 0.05) is 45.3 Å². The van der Waals surface area contributed by atoms with Gasteiger partial charge in [0.15, 0.2) is 0 Å². The van der Waals surface area contributed by atoms with Crippen molar-refractivity contribution < 1.29 is 14.3 Å². The number of nitrogens with zero attached hydrogens (tertiary/aromatic N) is 1. The third kappa shape index (κ3) is 5.53. The Kier molecular flexibility index (Phi) is 7.06. The normalized spacial score (nSPS) is 17.4. The monoisotopic (exact) mass is 333 g/mol. The van der Waals surface area contributed by atoms with Crippen LogP contribution < -0.4 is 10.6 Å². The standard InChI is InChI=1S/C18H27N3O3/c1-19-17(22)9-8-14-5-3-7-16(11-14)20-18(23)21-10-4-6-15(12-21)13-24-2/h3,5,7,11,15H,4,6,8-10,12-13H2,1-2H3,(H,19,22)(H,20,23)/t15-/m0/s1. The van der Waals surface area contributed by atoms with Gasteiger partial charge >= 0.3 is 6.03 Å². The Morgan fingerprint density at radius 1 is 1.38 bits per heavy atom. The first-order chi connectivity index (χ1) is 11.6. The van der Waals surface area contributed by atoms with Crippen LogP contribution in [0.2, 0.25) is 0 Å². The summed E-state index contributed by atoms with van der Waals surface area (Å²) >= 11 is 0. The fourth-order valence-electron chi connectivity index (χ4n) is 3.01. The third-order valence-electron chi connectivity index (χ3n) is 4.31. The number of carbonyl (C=O) groups excluding carboxylic acids is 2. The van der Waals surface area contributed by atoms with Gasteiger partial charge in [0.1, 0.15) is 0 Å². The summed E-state index contributed by atoms with van der Waals surface area (Å²) in [5.74, 6) is 0.426. The largest absolute Gasteiger partial charge is 0.384 e. The summed E-state index contributed by atoms with van der Waals surface area (Å²) in [6.45, 7) is 2.21. The van der Waals surface area contributed by atoms with Crippen LogP contribution in [-0.2, 0) is 16.0 Å². The van der Waals surface area contributed by atoms with Gasteiger partial charge in [0.05, 0.1) is 6.61 Å². The van der Waals surface area contributed by atoms with Crippen LogP contribution in [0.1, 0.15) is 24.8 Å². The molecule has 24 heavy (non-hydrogen) atoms. The van der Waals surface area contributed by atoms with Crippen molar-refractivity contribution in [3.63, 3.8) is 0 Å². The maximum atomic E-state index is 12.5. The predicted molar refractivity (Wildman–Crippen MR) is 94.0 cm³/mol. The second kappa shape index (κ2) is 9.27. The minimum absolute atomic E-state index is 0.0157. The van der Waals surface area contributed by atoms with E-state index in [1.54, 1.807) is 14.2 Å². The molecular weight excluding hydrogens is 306 g/mol. The predicted octanol–water partition coefficient (Wildman–Crippen LogP) is 2.26. The average Bonchev–Trinajstić information content (AvgIpc) is 2.60. The molecule has 6 nitrogen and oxygen atoms in total. The van der Waals surface area contributed by atoms with Crippen molar-refractivity contribution >= 4 is 17.6 Å². The molecule has 0 unspecified atom stereocenters. The molecule has 0 aliphatic carbocycles. The van der Waals surface area contributed by atoms with E-state index in [9.17, 15) is 9.59 Å². The lowest BCUT2D eigenvalue weighted by atomic mass is 9.99. The number of urea groups is 1. The average molecular weight is 333 g/mol. The van der Waals surface area contributed by atoms with E-state index in [0.29, 0.717) is 25.4 Å². The number of nitrogens with one attached hydrogen (secondary N) is 2. The fourth-order valence-corrected chi connectivity index (χ4v) is 3.01. The Balaban J connectivity index is 1.90. The van der Waals surface area contributed by atoms with Gasteiger partial charge in [-0.25, -0.2) is 4.79 Å². The number of benzene rings is 1. The van der Waals surface area contributed by atoms with E-state index in [1.165, 1.54) is 0 Å². The van der Waals surface area contributed by atoms with Crippen LogP contribution in [0.5, 0.6) is 0 Å². The van der Waals surface area contributed by atoms with Crippen LogP contribution in [0.3, 0.4) is 0 Å². The van der Waals surface area contributed by atoms with Crippen molar-refractivity contribution in [3.05, 3.63) is 29.8 Å². The number of aryl methyl sites for hydroxylation is 1. The van der Waals surface area contributed by atoms with Crippen LogP contribution in [0.25, 0.3) is 0 Å². The molecule has 1 aromatic carbocycles. The Labute approximate surface area is 143 Å². The highest BCUT2D eigenvalue weighted by Crippen LogP contribution is 2.19. The highest BCUT2D eigenvalue weighted by atomic mass is 16.5. The van der Waals surface area contributed by atoms with E-state index in [2.05, 4.69) is 10.6 Å². The molecule has 1 atom stereocenters. The van der Waals surface area contributed by atoms with Crippen LogP contribution in [0.4, 0.5) is 10.5 Å². The molecule has 2 rings (SSSR count). The second-order valence-corrected chi connectivity index (χ2v) is 6.21. The van der Waals surface area contributed by atoms with Crippen molar-refractivity contribution in [1.29, 1.82) is 0 Å². The Morgan fingerprint density at radius 3 is 2.96 bits per heavy atom. The molecule has 1 aromatic rings. The number of hydrogen-bond donors (Lipinski definition) is 2. The van der Waals surface area contributed by atoms with Crippen molar-refractivity contribution in [2.45, 2.75) is 25.7 Å². The molecule has 1 aliphatic heterocycles. The van der Waals surface area contributed by atoms with Crippen molar-refractivity contribution in [2.24, 2.45) is 5.92 Å². The summed E-state index contributed by atoms with van der Waals surface area (Å²) in [7, 11) is 3.33. The van der Waals surface area contributed by atoms with E-state index in [0.717, 1.165) is 37.2 Å². The van der Waals surface area contributed by atoms with Gasteiger partial charge in [0.25, 0.3) is 0 Å². The number of carbonyl (C=O) groups is 2. The Morgan fingerprint density at radius 2 is 2.21 bits per heavy atom. The molecule has 0 radical (unpaired) electrons. The first kappa shape index (κ1) is 18.3. The van der Waals surface area contributed by atoms with E-state index < -0.39 is 0 Å². The maximum Gasteiger partial charge on any atom is 0.321 e. The van der Waals surface area contributed by atoms with Crippen LogP contribution in [-0.4, -0.2) is 50.7 Å². The van der Waals surface area contributed by atoms with E-state index >= 15 is 0 Å². The smallest absolute Gasteiger partial charge is 0.321 e. The zero-order chi connectivity index (χ0) is 17.4. The molecule has 1 fully saturated rings. The molecule has 0 saturated carbocycles. The lowest BCUT2D eigenvalue weighted by Gasteiger charge is -2.32. The molecule has 1 saturated heterocycles. The minimum Gasteiger partial charge on any atom is -0.384 e. The van der Waals surface area contributed by atoms with Gasteiger partial charge in [-0.1, -0.05) is 12.1 Å². The van der Waals surface area contributed by atoms with Crippen molar-refractivity contribution in [3.8, 4) is 0 Å². The van der Waals surface area contributed by atoms with Gasteiger partial charge < -0.3 is 20.3 Å². The highest BCUT2D eigenvalue weighted by Gasteiger charge is 2.23. The highest BCUT2D eigenvalue weighted by molar-refractivity contribution is 5.89. The molecule has 1 heterocycles. The van der Waals surface area contributed by atoms with Gasteiger partial charge in [-0.05, 0) is 37.0 Å².